The summed E-state index contributed by atoms with van der Waals surface area (Å²) in [5.74, 6) is 0.703. The molecule has 0 unspecified atom stereocenters. The van der Waals surface area contributed by atoms with Gasteiger partial charge in [-0.25, -0.2) is 4.79 Å². The maximum Gasteiger partial charge on any atom is 0.328 e. The third-order valence-electron chi connectivity index (χ3n) is 10.8. The number of allylic oxidation sites excluding steroid dienone is 1. The van der Waals surface area contributed by atoms with E-state index in [0.717, 1.165) is 44.9 Å². The summed E-state index contributed by atoms with van der Waals surface area (Å²) in [4.78, 5) is 51.0. The summed E-state index contributed by atoms with van der Waals surface area (Å²) in [6, 6.07) is -0.803. The first-order chi connectivity index (χ1) is 17.6. The molecule has 0 aromatic heterocycles. The van der Waals surface area contributed by atoms with Gasteiger partial charge in [0.25, 0.3) is 0 Å². The minimum absolute atomic E-state index is 0.0388. The Labute approximate surface area is 219 Å². The number of carbonyl (C=O) groups is 4. The van der Waals surface area contributed by atoms with E-state index in [-0.39, 0.29) is 60.4 Å². The number of hydrogen-bond acceptors (Lipinski definition) is 7. The number of amides is 1. The number of ketones is 1. The van der Waals surface area contributed by atoms with Gasteiger partial charge in [0, 0.05) is 31.2 Å². The maximum absolute atomic E-state index is 12.8. The van der Waals surface area contributed by atoms with E-state index in [1.807, 2.05) is 6.08 Å². The van der Waals surface area contributed by atoms with Crippen molar-refractivity contribution in [3.8, 4) is 0 Å². The molecule has 0 aromatic carbocycles. The largest absolute Gasteiger partial charge is 0.467 e. The van der Waals surface area contributed by atoms with Crippen molar-refractivity contribution < 1.29 is 33.8 Å². The van der Waals surface area contributed by atoms with Crippen molar-refractivity contribution in [2.75, 3.05) is 13.7 Å². The number of methoxy groups -OCH3 is 1. The van der Waals surface area contributed by atoms with Crippen LogP contribution in [0, 0.1) is 28.6 Å². The van der Waals surface area contributed by atoms with Crippen LogP contribution in [0.3, 0.4) is 0 Å². The molecule has 5 aliphatic rings. The number of aliphatic hydroxyl groups excluding tert-OH is 1. The molecular weight excluding hydrogens is 474 g/mol. The van der Waals surface area contributed by atoms with E-state index in [1.54, 1.807) is 0 Å². The number of ether oxygens (including phenoxy) is 2. The highest BCUT2D eigenvalue weighted by molar-refractivity contribution is 5.91. The van der Waals surface area contributed by atoms with Gasteiger partial charge in [-0.2, -0.15) is 0 Å². The van der Waals surface area contributed by atoms with Gasteiger partial charge in [0.15, 0.2) is 5.78 Å². The number of β-amino-alcohol motifs (C(OH)–C–C–N with tert-alkyl or cyclic N) is 1. The summed E-state index contributed by atoms with van der Waals surface area (Å²) in [5, 5.41) is 9.93. The first-order valence-electron chi connectivity index (χ1n) is 14.1. The van der Waals surface area contributed by atoms with Gasteiger partial charge in [-0.3, -0.25) is 14.4 Å². The van der Waals surface area contributed by atoms with Crippen LogP contribution in [0.15, 0.2) is 11.6 Å². The summed E-state index contributed by atoms with van der Waals surface area (Å²) < 4.78 is 10.8. The molecule has 3 saturated carbocycles. The van der Waals surface area contributed by atoms with Crippen LogP contribution >= 0.6 is 0 Å². The molecular formula is C29H41NO7. The van der Waals surface area contributed by atoms with Crippen LogP contribution in [-0.4, -0.2) is 65.5 Å². The third kappa shape index (κ3) is 4.53. The second-order valence-corrected chi connectivity index (χ2v) is 12.5. The van der Waals surface area contributed by atoms with Crippen LogP contribution in [-0.2, 0) is 28.7 Å². The van der Waals surface area contributed by atoms with E-state index >= 15 is 0 Å². The monoisotopic (exact) mass is 515 g/mol. The molecule has 0 radical (unpaired) electrons. The number of rotatable bonds is 5. The number of aliphatic hydroxyl groups is 1. The van der Waals surface area contributed by atoms with Crippen molar-refractivity contribution >= 4 is 23.6 Å². The second-order valence-electron chi connectivity index (χ2n) is 12.5. The average Bonchev–Trinajstić information content (AvgIpc) is 3.42. The molecule has 204 valence electrons. The smallest absolute Gasteiger partial charge is 0.328 e. The topological polar surface area (TPSA) is 110 Å². The SMILES string of the molecule is COC(=O)[C@H]1C[C@@H](O)CN1C(=O)CCC(=O)O[C@@H]1CC[C@H]2[C@@H]3CCC4=CC(=O)CC[C@]4(C)[C@H]3CC[C@]12C. The lowest BCUT2D eigenvalue weighted by atomic mass is 9.47. The van der Waals surface area contributed by atoms with Gasteiger partial charge in [0.2, 0.25) is 5.91 Å². The number of likely N-dealkylation sites (tertiary alicyclic amines) is 1. The van der Waals surface area contributed by atoms with E-state index < -0.39 is 18.1 Å². The summed E-state index contributed by atoms with van der Waals surface area (Å²) in [7, 11) is 1.26. The van der Waals surface area contributed by atoms with Crippen molar-refractivity contribution in [1.29, 1.82) is 0 Å². The zero-order chi connectivity index (χ0) is 26.5. The highest BCUT2D eigenvalue weighted by Crippen LogP contribution is 2.65. The molecule has 8 nitrogen and oxygen atoms in total. The zero-order valence-electron chi connectivity index (χ0n) is 22.4. The molecule has 8 atom stereocenters. The van der Waals surface area contributed by atoms with Gasteiger partial charge in [-0.15, -0.1) is 0 Å². The van der Waals surface area contributed by atoms with Crippen molar-refractivity contribution in [2.45, 2.75) is 103 Å². The fourth-order valence-electron chi connectivity index (χ4n) is 8.72. The maximum atomic E-state index is 12.8. The van der Waals surface area contributed by atoms with Gasteiger partial charge in [-0.05, 0) is 74.2 Å². The van der Waals surface area contributed by atoms with Gasteiger partial charge in [0.05, 0.1) is 19.6 Å². The lowest BCUT2D eigenvalue weighted by Crippen LogP contribution is -2.51. The van der Waals surface area contributed by atoms with Crippen LogP contribution in [0.2, 0.25) is 0 Å². The summed E-state index contributed by atoms with van der Waals surface area (Å²) in [5.41, 5.74) is 1.43. The molecule has 1 aliphatic heterocycles. The van der Waals surface area contributed by atoms with Crippen LogP contribution < -0.4 is 0 Å². The molecule has 1 N–H and O–H groups in total. The number of nitrogens with zero attached hydrogens (tertiary/aromatic N) is 1. The predicted molar refractivity (Wildman–Crippen MR) is 134 cm³/mol. The van der Waals surface area contributed by atoms with Crippen molar-refractivity contribution in [2.24, 2.45) is 28.6 Å². The highest BCUT2D eigenvalue weighted by atomic mass is 16.5. The Kier molecular flexibility index (Phi) is 7.01. The van der Waals surface area contributed by atoms with E-state index in [0.29, 0.717) is 24.2 Å². The Morgan fingerprint density at radius 2 is 1.84 bits per heavy atom. The normalized spacial score (nSPS) is 40.8. The average molecular weight is 516 g/mol. The molecule has 37 heavy (non-hydrogen) atoms. The molecule has 8 heteroatoms. The first kappa shape index (κ1) is 26.4. The Balaban J connectivity index is 1.19. The van der Waals surface area contributed by atoms with Gasteiger partial charge in [-0.1, -0.05) is 19.4 Å². The van der Waals surface area contributed by atoms with Crippen LogP contribution in [0.5, 0.6) is 0 Å². The van der Waals surface area contributed by atoms with E-state index in [4.69, 9.17) is 9.47 Å². The van der Waals surface area contributed by atoms with Crippen LogP contribution in [0.4, 0.5) is 0 Å². The molecule has 1 amide bonds. The number of esters is 2. The van der Waals surface area contributed by atoms with Gasteiger partial charge < -0.3 is 19.5 Å². The van der Waals surface area contributed by atoms with E-state index in [2.05, 4.69) is 13.8 Å². The van der Waals surface area contributed by atoms with Crippen molar-refractivity contribution in [3.63, 3.8) is 0 Å². The molecule has 0 aromatic rings. The summed E-state index contributed by atoms with van der Waals surface area (Å²) in [6.07, 6.45) is 8.81. The lowest BCUT2D eigenvalue weighted by molar-refractivity contribution is -0.161. The summed E-state index contributed by atoms with van der Waals surface area (Å²) in [6.45, 7) is 4.73. The fourth-order valence-corrected chi connectivity index (χ4v) is 8.72. The zero-order valence-corrected chi connectivity index (χ0v) is 22.4. The minimum Gasteiger partial charge on any atom is -0.467 e. The Morgan fingerprint density at radius 3 is 2.59 bits per heavy atom. The Bertz CT molecular complexity index is 1010. The molecule has 0 spiro atoms. The quantitative estimate of drug-likeness (QED) is 0.559. The van der Waals surface area contributed by atoms with E-state index in [1.165, 1.54) is 17.6 Å². The van der Waals surface area contributed by atoms with Crippen molar-refractivity contribution in [1.82, 2.24) is 4.90 Å². The minimum atomic E-state index is -0.803. The van der Waals surface area contributed by atoms with Crippen molar-refractivity contribution in [3.05, 3.63) is 11.6 Å². The molecule has 4 aliphatic carbocycles. The molecule has 4 fully saturated rings. The predicted octanol–water partition coefficient (Wildman–Crippen LogP) is 3.35. The highest BCUT2D eigenvalue weighted by Gasteiger charge is 2.60. The number of hydrogen-bond donors (Lipinski definition) is 1. The molecule has 0 bridgehead atoms. The van der Waals surface area contributed by atoms with Crippen LogP contribution in [0.25, 0.3) is 0 Å². The Hall–Kier alpha value is -2.22. The molecule has 1 heterocycles. The molecule has 1 saturated heterocycles. The van der Waals surface area contributed by atoms with Crippen LogP contribution in [0.1, 0.15) is 84.5 Å². The second kappa shape index (κ2) is 9.83. The van der Waals surface area contributed by atoms with Gasteiger partial charge >= 0.3 is 11.9 Å². The molecule has 5 rings (SSSR count). The Morgan fingerprint density at radius 1 is 1.05 bits per heavy atom. The summed E-state index contributed by atoms with van der Waals surface area (Å²) >= 11 is 0. The lowest BCUT2D eigenvalue weighted by Gasteiger charge is -2.57. The van der Waals surface area contributed by atoms with E-state index in [9.17, 15) is 24.3 Å². The first-order valence-corrected chi connectivity index (χ1v) is 14.1. The fraction of sp³-hybridized carbons (Fsp3) is 0.793. The standard InChI is InChI=1S/C29H41NO7/c1-28-12-10-18(31)14-17(28)4-5-20-21-6-7-24(29(21,2)13-11-22(20)28)37-26(34)9-8-25(33)30-16-19(32)15-23(30)27(35)36-3/h14,19-24,32H,4-13,15-16H2,1-3H3/t19-,20+,21+,22+,23-,24-,28+,29+/m1/s1. The number of carbonyl (C=O) groups excluding carboxylic acids is 4. The number of fused-ring (bicyclic) bond motifs is 5. The third-order valence-corrected chi connectivity index (χ3v) is 10.8. The van der Waals surface area contributed by atoms with Gasteiger partial charge in [0.1, 0.15) is 12.1 Å².